The summed E-state index contributed by atoms with van der Waals surface area (Å²) in [6.45, 7) is 0.146. The first-order valence-electron chi connectivity index (χ1n) is 12.3. The molecule has 1 amide bonds. The summed E-state index contributed by atoms with van der Waals surface area (Å²) in [6.07, 6.45) is -3.24. The highest BCUT2D eigenvalue weighted by Crippen LogP contribution is 2.36. The van der Waals surface area contributed by atoms with Crippen LogP contribution in [0.1, 0.15) is 23.1 Å². The normalized spacial score (nSPS) is 14.0. The first-order chi connectivity index (χ1) is 18.3. The number of rotatable bonds is 17. The summed E-state index contributed by atoms with van der Waals surface area (Å²) in [6, 6.07) is 27.9. The van der Waals surface area contributed by atoms with E-state index in [0.717, 1.165) is 21.8 Å². The van der Waals surface area contributed by atoms with Gasteiger partial charge in [-0.1, -0.05) is 91.0 Å². The van der Waals surface area contributed by atoms with E-state index in [1.807, 2.05) is 91.0 Å². The van der Waals surface area contributed by atoms with Crippen LogP contribution in [0.15, 0.2) is 91.0 Å². The van der Waals surface area contributed by atoms with E-state index in [1.54, 1.807) is 0 Å². The van der Waals surface area contributed by atoms with Gasteiger partial charge in [0.2, 0.25) is 6.41 Å². The Labute approximate surface area is 222 Å². The Morgan fingerprint density at radius 1 is 0.763 bits per heavy atom. The molecule has 0 aromatic heterocycles. The van der Waals surface area contributed by atoms with Crippen LogP contribution in [-0.4, -0.2) is 57.4 Å². The lowest BCUT2D eigenvalue weighted by atomic mass is 10.0. The average Bonchev–Trinajstić information content (AvgIpc) is 2.93. The van der Waals surface area contributed by atoms with E-state index < -0.39 is 32.1 Å². The lowest BCUT2D eigenvalue weighted by Crippen LogP contribution is -2.47. The maximum absolute atomic E-state index is 11.7. The van der Waals surface area contributed by atoms with Crippen LogP contribution in [0.25, 0.3) is 0 Å². The van der Waals surface area contributed by atoms with Gasteiger partial charge >= 0.3 is 7.60 Å². The van der Waals surface area contributed by atoms with Crippen molar-refractivity contribution in [2.75, 3.05) is 12.7 Å². The zero-order valence-electron chi connectivity index (χ0n) is 21.0. The Balaban J connectivity index is 1.76. The summed E-state index contributed by atoms with van der Waals surface area (Å²) in [7, 11) is -4.35. The minimum absolute atomic E-state index is 0.0699. The SMILES string of the molecule is O=CN(C[C@@H](O)[C@H](OCc1ccccc1)[C@@H](CCP(=O)(O)O)OCc1ccccc1)OCc1ccccc1. The topological polar surface area (TPSA) is 126 Å². The molecule has 0 saturated heterocycles. The standard InChI is InChI=1S/C28H34NO8P/c30-22-29(37-21-25-14-8-3-9-15-25)18-26(31)28(36-20-24-12-6-2-7-13-24)27(16-17-38(32,33)34)35-19-23-10-4-1-5-11-23/h1-15,22,26-28,31H,16-21H2,(H2,32,33,34)/t26-,27-,28+/m1/s1. The van der Waals surface area contributed by atoms with Crippen LogP contribution in [0.2, 0.25) is 0 Å². The maximum Gasteiger partial charge on any atom is 0.325 e. The molecule has 0 aliphatic heterocycles. The Kier molecular flexibility index (Phi) is 12.1. The van der Waals surface area contributed by atoms with Crippen molar-refractivity contribution < 1.29 is 38.6 Å². The van der Waals surface area contributed by atoms with Gasteiger partial charge in [-0.05, 0) is 23.1 Å². The molecule has 0 saturated carbocycles. The Hall–Kier alpha value is -2.88. The van der Waals surface area contributed by atoms with Gasteiger partial charge in [-0.2, -0.15) is 0 Å². The zero-order valence-corrected chi connectivity index (χ0v) is 21.9. The molecule has 3 atom stereocenters. The lowest BCUT2D eigenvalue weighted by molar-refractivity contribution is -0.199. The van der Waals surface area contributed by atoms with Gasteiger partial charge in [0.1, 0.15) is 18.8 Å². The highest BCUT2D eigenvalue weighted by Gasteiger charge is 2.33. The van der Waals surface area contributed by atoms with E-state index in [2.05, 4.69) is 0 Å². The van der Waals surface area contributed by atoms with Crippen LogP contribution in [0, 0.1) is 0 Å². The molecule has 3 aromatic carbocycles. The maximum atomic E-state index is 11.7. The monoisotopic (exact) mass is 543 g/mol. The molecule has 9 nitrogen and oxygen atoms in total. The summed E-state index contributed by atoms with van der Waals surface area (Å²) >= 11 is 0. The highest BCUT2D eigenvalue weighted by atomic mass is 31.2. The lowest BCUT2D eigenvalue weighted by Gasteiger charge is -2.33. The van der Waals surface area contributed by atoms with Crippen LogP contribution >= 0.6 is 7.60 Å². The van der Waals surface area contributed by atoms with Crippen LogP contribution in [0.4, 0.5) is 0 Å². The van der Waals surface area contributed by atoms with Crippen LogP contribution < -0.4 is 0 Å². The number of carbonyl (C=O) groups excluding carboxylic acids is 1. The van der Waals surface area contributed by atoms with Gasteiger partial charge in [0.15, 0.2) is 0 Å². The number of hydroxylamine groups is 2. The molecule has 3 aromatic rings. The van der Waals surface area contributed by atoms with Crippen molar-refractivity contribution in [3.05, 3.63) is 108 Å². The first-order valence-corrected chi connectivity index (χ1v) is 14.1. The average molecular weight is 544 g/mol. The van der Waals surface area contributed by atoms with Crippen molar-refractivity contribution in [2.45, 2.75) is 44.6 Å². The Bertz CT molecular complexity index is 1110. The molecule has 3 rings (SSSR count). The second-order valence-corrected chi connectivity index (χ2v) is 10.6. The molecule has 38 heavy (non-hydrogen) atoms. The van der Waals surface area contributed by atoms with Gasteiger partial charge in [0.25, 0.3) is 0 Å². The molecule has 0 unspecified atom stereocenters. The van der Waals surface area contributed by atoms with Gasteiger partial charge in [-0.15, -0.1) is 0 Å². The molecule has 10 heteroatoms. The number of aliphatic hydroxyl groups excluding tert-OH is 1. The van der Waals surface area contributed by atoms with Crippen molar-refractivity contribution in [1.29, 1.82) is 0 Å². The number of benzene rings is 3. The molecule has 3 N–H and O–H groups in total. The summed E-state index contributed by atoms with van der Waals surface area (Å²) in [5.41, 5.74) is 2.54. The number of hydrogen-bond donors (Lipinski definition) is 3. The Morgan fingerprint density at radius 3 is 1.71 bits per heavy atom. The van der Waals surface area contributed by atoms with Crippen molar-refractivity contribution in [3.8, 4) is 0 Å². The zero-order chi connectivity index (χ0) is 27.2. The van der Waals surface area contributed by atoms with E-state index in [1.165, 1.54) is 0 Å². The van der Waals surface area contributed by atoms with Gasteiger partial charge in [0.05, 0.1) is 32.0 Å². The predicted molar refractivity (Wildman–Crippen MR) is 142 cm³/mol. The number of nitrogens with zero attached hydrogens (tertiary/aromatic N) is 1. The number of amides is 1. The van der Waals surface area contributed by atoms with Crippen molar-refractivity contribution >= 4 is 14.0 Å². The van der Waals surface area contributed by atoms with E-state index in [4.69, 9.17) is 14.3 Å². The van der Waals surface area contributed by atoms with Gasteiger partial charge in [0, 0.05) is 0 Å². The van der Waals surface area contributed by atoms with Crippen LogP contribution in [-0.2, 0) is 43.5 Å². The fraction of sp³-hybridized carbons (Fsp3) is 0.321. The smallest absolute Gasteiger partial charge is 0.325 e. The largest absolute Gasteiger partial charge is 0.388 e. The molecule has 0 spiro atoms. The molecular formula is C28H34NO8P. The minimum atomic E-state index is -4.35. The van der Waals surface area contributed by atoms with Gasteiger partial charge in [-0.3, -0.25) is 14.2 Å². The van der Waals surface area contributed by atoms with E-state index in [9.17, 15) is 24.3 Å². The highest BCUT2D eigenvalue weighted by molar-refractivity contribution is 7.51. The third kappa shape index (κ3) is 10.8. The van der Waals surface area contributed by atoms with Crippen molar-refractivity contribution in [2.24, 2.45) is 0 Å². The number of aliphatic hydroxyl groups is 1. The molecule has 204 valence electrons. The second-order valence-electron chi connectivity index (χ2n) is 8.80. The molecule has 0 heterocycles. The predicted octanol–water partition coefficient (Wildman–Crippen LogP) is 3.68. The fourth-order valence-corrected chi connectivity index (χ4v) is 4.39. The van der Waals surface area contributed by atoms with E-state index in [0.29, 0.717) is 6.41 Å². The molecule has 0 aliphatic rings. The summed E-state index contributed by atoms with van der Waals surface area (Å²) in [4.78, 5) is 36.3. The molecule has 0 aliphatic carbocycles. The molecular weight excluding hydrogens is 509 g/mol. The molecule has 0 radical (unpaired) electrons. The van der Waals surface area contributed by atoms with Crippen LogP contribution in [0.5, 0.6) is 0 Å². The number of carbonyl (C=O) groups is 1. The van der Waals surface area contributed by atoms with Crippen molar-refractivity contribution in [1.82, 2.24) is 5.06 Å². The number of hydrogen-bond acceptors (Lipinski definition) is 6. The quantitative estimate of drug-likeness (QED) is 0.134. The summed E-state index contributed by atoms with van der Waals surface area (Å²) in [5.74, 6) is 0. The Morgan fingerprint density at radius 2 is 1.24 bits per heavy atom. The summed E-state index contributed by atoms with van der Waals surface area (Å²) < 4.78 is 23.8. The third-order valence-electron chi connectivity index (χ3n) is 5.77. The third-order valence-corrected chi connectivity index (χ3v) is 6.61. The fourth-order valence-electron chi connectivity index (χ4n) is 3.79. The summed E-state index contributed by atoms with van der Waals surface area (Å²) in [5, 5.41) is 12.2. The van der Waals surface area contributed by atoms with Crippen LogP contribution in [0.3, 0.4) is 0 Å². The molecule has 0 fully saturated rings. The second kappa shape index (κ2) is 15.5. The first kappa shape index (κ1) is 29.7. The van der Waals surface area contributed by atoms with Gasteiger partial charge < -0.3 is 24.4 Å². The van der Waals surface area contributed by atoms with Crippen molar-refractivity contribution in [3.63, 3.8) is 0 Å². The van der Waals surface area contributed by atoms with E-state index in [-0.39, 0.29) is 32.8 Å². The molecule has 0 bridgehead atoms. The minimum Gasteiger partial charge on any atom is -0.388 e. The number of ether oxygens (including phenoxy) is 2. The van der Waals surface area contributed by atoms with Gasteiger partial charge in [-0.25, -0.2) is 5.06 Å². The van der Waals surface area contributed by atoms with E-state index >= 15 is 0 Å².